The molecule has 224 valence electrons. The third-order valence-electron chi connectivity index (χ3n) is 9.02. The number of ether oxygens (including phenoxy) is 2. The molecule has 3 aliphatic rings. The molecule has 5 nitrogen and oxygen atoms in total. The van der Waals surface area contributed by atoms with Gasteiger partial charge in [-0.05, 0) is 94.1 Å². The lowest BCUT2D eigenvalue weighted by Gasteiger charge is -2.44. The van der Waals surface area contributed by atoms with Gasteiger partial charge in [-0.1, -0.05) is 64.1 Å². The number of ketones is 2. The van der Waals surface area contributed by atoms with Gasteiger partial charge in [0.15, 0.2) is 23.1 Å². The molecule has 0 saturated carbocycles. The third-order valence-corrected chi connectivity index (χ3v) is 9.82. The van der Waals surface area contributed by atoms with E-state index >= 15 is 0 Å². The molecule has 0 spiro atoms. The highest BCUT2D eigenvalue weighted by Crippen LogP contribution is 2.52. The molecule has 3 aromatic carbocycles. The van der Waals surface area contributed by atoms with E-state index in [0.717, 1.165) is 50.1 Å². The molecule has 3 aromatic rings. The van der Waals surface area contributed by atoms with Crippen LogP contribution in [0.2, 0.25) is 0 Å². The molecule has 6 heteroatoms. The minimum atomic E-state index is -0.416. The van der Waals surface area contributed by atoms with Crippen LogP contribution in [0.3, 0.4) is 0 Å². The Bertz CT molecular complexity index is 1680. The van der Waals surface area contributed by atoms with Crippen molar-refractivity contribution in [2.75, 3.05) is 6.61 Å². The number of nitrogens with one attached hydrogen (secondary N) is 1. The normalized spacial score (nSPS) is 19.7. The van der Waals surface area contributed by atoms with Gasteiger partial charge < -0.3 is 14.8 Å². The predicted molar refractivity (Wildman–Crippen MR) is 179 cm³/mol. The zero-order valence-electron chi connectivity index (χ0n) is 25.9. The van der Waals surface area contributed by atoms with Crippen molar-refractivity contribution < 1.29 is 19.1 Å². The molecular formula is C37H40INO4. The number of dihydropyridines is 1. The van der Waals surface area contributed by atoms with E-state index in [0.29, 0.717) is 37.6 Å². The van der Waals surface area contributed by atoms with Crippen molar-refractivity contribution in [2.45, 2.75) is 79.8 Å². The summed E-state index contributed by atoms with van der Waals surface area (Å²) in [6.45, 7) is 13.5. The minimum absolute atomic E-state index is 0.118. The fraction of sp³-hybridized carbons (Fsp3) is 0.405. The molecule has 1 aliphatic heterocycles. The van der Waals surface area contributed by atoms with E-state index in [1.54, 1.807) is 0 Å². The maximum Gasteiger partial charge on any atom is 0.174 e. The number of halogens is 1. The Morgan fingerprint density at radius 1 is 0.860 bits per heavy atom. The molecule has 0 saturated heterocycles. The summed E-state index contributed by atoms with van der Waals surface area (Å²) in [7, 11) is 0. The number of rotatable bonds is 6. The average molecular weight is 690 g/mol. The fourth-order valence-electron chi connectivity index (χ4n) is 7.16. The summed E-state index contributed by atoms with van der Waals surface area (Å²) in [6.07, 6.45) is 2.48. The van der Waals surface area contributed by atoms with Crippen molar-refractivity contribution in [3.8, 4) is 11.5 Å². The molecule has 2 aliphatic carbocycles. The Labute approximate surface area is 268 Å². The van der Waals surface area contributed by atoms with Gasteiger partial charge in [-0.15, -0.1) is 0 Å². The van der Waals surface area contributed by atoms with Gasteiger partial charge in [-0.2, -0.15) is 0 Å². The zero-order valence-corrected chi connectivity index (χ0v) is 28.1. The largest absolute Gasteiger partial charge is 0.490 e. The van der Waals surface area contributed by atoms with Crippen LogP contribution in [0.25, 0.3) is 10.8 Å². The second kappa shape index (κ2) is 11.1. The lowest BCUT2D eigenvalue weighted by Crippen LogP contribution is -2.42. The number of Topliss-reactive ketones (excluding diaryl/α,β-unsaturated/α-hetero) is 2. The van der Waals surface area contributed by atoms with Gasteiger partial charge in [0.25, 0.3) is 0 Å². The Morgan fingerprint density at radius 2 is 1.49 bits per heavy atom. The fourth-order valence-corrected chi connectivity index (χ4v) is 7.94. The van der Waals surface area contributed by atoms with Crippen LogP contribution >= 0.6 is 22.6 Å². The van der Waals surface area contributed by atoms with Gasteiger partial charge >= 0.3 is 0 Å². The molecule has 1 N–H and O–H groups in total. The summed E-state index contributed by atoms with van der Waals surface area (Å²) in [4.78, 5) is 27.6. The summed E-state index contributed by atoms with van der Waals surface area (Å²) < 4.78 is 13.6. The van der Waals surface area contributed by atoms with E-state index in [4.69, 9.17) is 9.47 Å². The maximum absolute atomic E-state index is 13.8. The van der Waals surface area contributed by atoms with Crippen LogP contribution < -0.4 is 14.8 Å². The molecule has 0 aromatic heterocycles. The van der Waals surface area contributed by atoms with Crippen LogP contribution in [0.1, 0.15) is 82.9 Å². The number of benzene rings is 3. The summed E-state index contributed by atoms with van der Waals surface area (Å²) in [5.74, 6) is 1.14. The standard InChI is InChI=1S/C37H40INO4/c1-7-42-31-15-23(14-26(38)35(31)43-20-25-21(2)12-13-22-10-8-9-11-24(22)25)32-33-27(16-36(3,4)18-29(33)40)39-28-17-37(5,6)19-30(41)34(28)32/h8-15,32,39H,7,16-20H2,1-6H3. The number of aryl methyl sites for hydroxylation is 1. The molecule has 0 amide bonds. The molecule has 0 fully saturated rings. The molecule has 1 heterocycles. The second-order valence-electron chi connectivity index (χ2n) is 13.9. The third kappa shape index (κ3) is 5.63. The molecule has 0 radical (unpaired) electrons. The average Bonchev–Trinajstić information content (AvgIpc) is 2.91. The topological polar surface area (TPSA) is 64.6 Å². The highest BCUT2D eigenvalue weighted by molar-refractivity contribution is 14.1. The lowest BCUT2D eigenvalue weighted by atomic mass is 9.64. The highest BCUT2D eigenvalue weighted by atomic mass is 127. The van der Waals surface area contributed by atoms with Gasteiger partial charge in [-0.3, -0.25) is 9.59 Å². The van der Waals surface area contributed by atoms with Crippen LogP contribution in [0.15, 0.2) is 71.1 Å². The number of carbonyl (C=O) groups excluding carboxylic acids is 2. The van der Waals surface area contributed by atoms with Gasteiger partial charge in [0.2, 0.25) is 0 Å². The number of hydrogen-bond acceptors (Lipinski definition) is 5. The summed E-state index contributed by atoms with van der Waals surface area (Å²) in [5.41, 5.74) is 6.37. The van der Waals surface area contributed by atoms with E-state index in [1.165, 1.54) is 16.3 Å². The Kier molecular flexibility index (Phi) is 7.72. The number of hydrogen-bond donors (Lipinski definition) is 1. The first-order chi connectivity index (χ1) is 20.4. The molecule has 0 bridgehead atoms. The first-order valence-corrected chi connectivity index (χ1v) is 16.3. The van der Waals surface area contributed by atoms with E-state index in [2.05, 4.69) is 105 Å². The van der Waals surface area contributed by atoms with Crippen molar-refractivity contribution in [1.82, 2.24) is 5.32 Å². The van der Waals surface area contributed by atoms with Crippen molar-refractivity contribution in [1.29, 1.82) is 0 Å². The first kappa shape index (κ1) is 29.9. The first-order valence-electron chi connectivity index (χ1n) is 15.2. The minimum Gasteiger partial charge on any atom is -0.490 e. The van der Waals surface area contributed by atoms with Crippen molar-refractivity contribution in [2.24, 2.45) is 10.8 Å². The molecule has 6 rings (SSSR count). The molecule has 0 atom stereocenters. The van der Waals surface area contributed by atoms with Crippen LogP contribution in [0.5, 0.6) is 11.5 Å². The van der Waals surface area contributed by atoms with Gasteiger partial charge in [-0.25, -0.2) is 0 Å². The Morgan fingerprint density at radius 3 is 2.12 bits per heavy atom. The van der Waals surface area contributed by atoms with Crippen LogP contribution in [-0.2, 0) is 16.2 Å². The summed E-state index contributed by atoms with van der Waals surface area (Å²) in [6, 6.07) is 16.7. The van der Waals surface area contributed by atoms with Crippen molar-refractivity contribution >= 4 is 44.9 Å². The van der Waals surface area contributed by atoms with E-state index < -0.39 is 5.92 Å². The summed E-state index contributed by atoms with van der Waals surface area (Å²) >= 11 is 2.31. The molecular weight excluding hydrogens is 649 g/mol. The zero-order chi connectivity index (χ0) is 30.7. The highest BCUT2D eigenvalue weighted by Gasteiger charge is 2.46. The van der Waals surface area contributed by atoms with E-state index in [1.807, 2.05) is 13.0 Å². The van der Waals surface area contributed by atoms with Crippen LogP contribution in [0, 0.1) is 21.3 Å². The van der Waals surface area contributed by atoms with Crippen molar-refractivity contribution in [3.05, 3.63) is 91.3 Å². The van der Waals surface area contributed by atoms with Crippen LogP contribution in [-0.4, -0.2) is 18.2 Å². The SMILES string of the molecule is CCOc1cc(C2C3=C(CC(C)(C)CC3=O)NC3=C2C(=O)CC(C)(C)C3)cc(I)c1OCc1c(C)ccc2ccccc12. The number of fused-ring (bicyclic) bond motifs is 1. The molecule has 43 heavy (non-hydrogen) atoms. The number of carbonyl (C=O) groups is 2. The van der Waals surface area contributed by atoms with Crippen molar-refractivity contribution in [3.63, 3.8) is 0 Å². The lowest BCUT2D eigenvalue weighted by molar-refractivity contribution is -0.119. The van der Waals surface area contributed by atoms with Gasteiger partial charge in [0, 0.05) is 46.9 Å². The molecule has 0 unspecified atom stereocenters. The van der Waals surface area contributed by atoms with Gasteiger partial charge in [0.05, 0.1) is 10.2 Å². The smallest absolute Gasteiger partial charge is 0.174 e. The monoisotopic (exact) mass is 689 g/mol. The Balaban J connectivity index is 1.45. The van der Waals surface area contributed by atoms with E-state index in [9.17, 15) is 9.59 Å². The maximum atomic E-state index is 13.8. The van der Waals surface area contributed by atoms with Crippen LogP contribution in [0.4, 0.5) is 0 Å². The van der Waals surface area contributed by atoms with E-state index in [-0.39, 0.29) is 22.4 Å². The quantitative estimate of drug-likeness (QED) is 0.263. The van der Waals surface area contributed by atoms with Gasteiger partial charge in [0.1, 0.15) is 6.61 Å². The number of allylic oxidation sites excluding steroid dienone is 4. The summed E-state index contributed by atoms with van der Waals surface area (Å²) in [5, 5.41) is 5.97. The second-order valence-corrected chi connectivity index (χ2v) is 15.0. The predicted octanol–water partition coefficient (Wildman–Crippen LogP) is 8.70. The Hall–Kier alpha value is -3.13.